The number of benzene rings is 1. The smallest absolute Gasteiger partial charge is 0.240 e. The Balaban J connectivity index is 1.62. The van der Waals surface area contributed by atoms with Crippen molar-refractivity contribution in [2.24, 2.45) is 0 Å². The molecule has 0 aliphatic carbocycles. The Hall–Kier alpha value is -1.88. The second kappa shape index (κ2) is 7.79. The molecule has 1 saturated heterocycles. The molecule has 1 unspecified atom stereocenters. The summed E-state index contributed by atoms with van der Waals surface area (Å²) in [7, 11) is 0. The summed E-state index contributed by atoms with van der Waals surface area (Å²) in [4.78, 5) is 28.9. The predicted molar refractivity (Wildman–Crippen MR) is 95.0 cm³/mol. The number of anilines is 1. The first-order chi connectivity index (χ1) is 11.7. The number of nitrogens with one attached hydrogen (secondary N) is 1. The Morgan fingerprint density at radius 3 is 2.92 bits per heavy atom. The molecule has 1 aromatic rings. The molecular weight excluding hydrogens is 302 g/mol. The van der Waals surface area contributed by atoms with Crippen LogP contribution in [0.5, 0.6) is 0 Å². The summed E-state index contributed by atoms with van der Waals surface area (Å²) in [5, 5.41) is 3.03. The average molecular weight is 329 g/mol. The quantitative estimate of drug-likeness (QED) is 0.898. The van der Waals surface area contributed by atoms with Crippen LogP contribution in [-0.4, -0.2) is 48.9 Å². The van der Waals surface area contributed by atoms with Crippen LogP contribution in [0.2, 0.25) is 0 Å². The molecule has 0 aromatic heterocycles. The molecule has 3 rings (SSSR count). The number of para-hydroxylation sites is 1. The number of rotatable bonds is 5. The van der Waals surface area contributed by atoms with Gasteiger partial charge >= 0.3 is 0 Å². The maximum absolute atomic E-state index is 12.4. The third-order valence-electron chi connectivity index (χ3n) is 5.16. The van der Waals surface area contributed by atoms with E-state index in [0.717, 1.165) is 43.6 Å². The van der Waals surface area contributed by atoms with Crippen LogP contribution in [0, 0.1) is 0 Å². The van der Waals surface area contributed by atoms with Gasteiger partial charge in [0.25, 0.3) is 0 Å². The van der Waals surface area contributed by atoms with Gasteiger partial charge in [-0.2, -0.15) is 0 Å². The van der Waals surface area contributed by atoms with E-state index in [1.165, 1.54) is 6.42 Å². The molecule has 2 amide bonds. The minimum atomic E-state index is -0.0667. The Bertz CT molecular complexity index is 602. The van der Waals surface area contributed by atoms with E-state index >= 15 is 0 Å². The molecule has 0 saturated carbocycles. The van der Waals surface area contributed by atoms with Crippen molar-refractivity contribution in [2.45, 2.75) is 45.1 Å². The first kappa shape index (κ1) is 17.0. The van der Waals surface area contributed by atoms with Crippen molar-refractivity contribution in [3.05, 3.63) is 29.8 Å². The highest BCUT2D eigenvalue weighted by atomic mass is 16.2. The molecule has 0 spiro atoms. The van der Waals surface area contributed by atoms with E-state index in [0.29, 0.717) is 19.0 Å². The maximum atomic E-state index is 12.4. The molecule has 1 fully saturated rings. The van der Waals surface area contributed by atoms with Crippen LogP contribution in [0.3, 0.4) is 0 Å². The van der Waals surface area contributed by atoms with Crippen LogP contribution >= 0.6 is 0 Å². The lowest BCUT2D eigenvalue weighted by atomic mass is 10.1. The lowest BCUT2D eigenvalue weighted by molar-refractivity contribution is -0.124. The van der Waals surface area contributed by atoms with Crippen LogP contribution in [0.4, 0.5) is 5.69 Å². The number of carbonyl (C=O) groups is 2. The molecule has 130 valence electrons. The summed E-state index contributed by atoms with van der Waals surface area (Å²) in [6, 6.07) is 8.36. The summed E-state index contributed by atoms with van der Waals surface area (Å²) in [6.07, 6.45) is 4.59. The second-order valence-corrected chi connectivity index (χ2v) is 6.69. The third kappa shape index (κ3) is 3.78. The molecule has 2 heterocycles. The minimum absolute atomic E-state index is 0.0474. The molecule has 5 heteroatoms. The van der Waals surface area contributed by atoms with E-state index in [-0.39, 0.29) is 18.4 Å². The van der Waals surface area contributed by atoms with Gasteiger partial charge in [0.1, 0.15) is 6.54 Å². The zero-order valence-corrected chi connectivity index (χ0v) is 14.5. The number of likely N-dealkylation sites (N-methyl/N-ethyl adjacent to an activating group) is 1. The van der Waals surface area contributed by atoms with Crippen molar-refractivity contribution in [2.75, 3.05) is 31.1 Å². The highest BCUT2D eigenvalue weighted by molar-refractivity contribution is 5.99. The Morgan fingerprint density at radius 2 is 2.08 bits per heavy atom. The molecule has 0 radical (unpaired) electrons. The molecule has 1 aromatic carbocycles. The molecule has 24 heavy (non-hydrogen) atoms. The number of carbonyl (C=O) groups excluding carboxylic acids is 2. The number of amides is 2. The molecular formula is C19H27N3O2. The highest BCUT2D eigenvalue weighted by Crippen LogP contribution is 2.26. The largest absolute Gasteiger partial charge is 0.353 e. The summed E-state index contributed by atoms with van der Waals surface area (Å²) in [5.74, 6) is -0.0193. The van der Waals surface area contributed by atoms with Crippen LogP contribution in [0.25, 0.3) is 0 Å². The fourth-order valence-corrected chi connectivity index (χ4v) is 3.83. The number of nitrogens with zero attached hydrogens (tertiary/aromatic N) is 2. The number of hydrogen-bond acceptors (Lipinski definition) is 3. The standard InChI is InChI=1S/C19H27N3O2/c1-2-21-12-6-9-16(21)13-20-18(23)14-22-17-10-4-3-7-15(17)8-5-11-19(22)24/h3-4,7,10,16H,2,5-6,8-9,11-14H2,1H3,(H,20,23). The number of aryl methyl sites for hydroxylation is 1. The van der Waals surface area contributed by atoms with E-state index in [1.54, 1.807) is 4.90 Å². The molecule has 1 atom stereocenters. The Labute approximate surface area is 144 Å². The molecule has 1 N–H and O–H groups in total. The van der Waals surface area contributed by atoms with Gasteiger partial charge in [0.2, 0.25) is 11.8 Å². The van der Waals surface area contributed by atoms with Gasteiger partial charge in [-0.05, 0) is 50.4 Å². The Morgan fingerprint density at radius 1 is 1.25 bits per heavy atom. The molecule has 5 nitrogen and oxygen atoms in total. The summed E-state index contributed by atoms with van der Waals surface area (Å²) < 4.78 is 0. The molecule has 2 aliphatic rings. The van der Waals surface area contributed by atoms with Crippen LogP contribution in [0.1, 0.15) is 38.2 Å². The van der Waals surface area contributed by atoms with Crippen molar-refractivity contribution in [1.82, 2.24) is 10.2 Å². The van der Waals surface area contributed by atoms with Gasteiger partial charge in [0, 0.05) is 24.7 Å². The maximum Gasteiger partial charge on any atom is 0.240 e. The first-order valence-electron chi connectivity index (χ1n) is 9.08. The minimum Gasteiger partial charge on any atom is -0.353 e. The van der Waals surface area contributed by atoms with Gasteiger partial charge in [-0.25, -0.2) is 0 Å². The SMILES string of the molecule is CCN1CCCC1CNC(=O)CN1C(=O)CCCc2ccccc21. The van der Waals surface area contributed by atoms with Crippen LogP contribution in [-0.2, 0) is 16.0 Å². The Kier molecular flexibility index (Phi) is 5.51. The summed E-state index contributed by atoms with van der Waals surface area (Å²) in [6.45, 7) is 5.10. The van der Waals surface area contributed by atoms with Gasteiger partial charge in [0.15, 0.2) is 0 Å². The lowest BCUT2D eigenvalue weighted by Gasteiger charge is -2.25. The number of likely N-dealkylation sites (tertiary alicyclic amines) is 1. The monoisotopic (exact) mass is 329 g/mol. The van der Waals surface area contributed by atoms with E-state index < -0.39 is 0 Å². The number of fused-ring (bicyclic) bond motifs is 1. The van der Waals surface area contributed by atoms with Crippen LogP contribution in [0.15, 0.2) is 24.3 Å². The lowest BCUT2D eigenvalue weighted by Crippen LogP contribution is -2.45. The summed E-state index contributed by atoms with van der Waals surface area (Å²) >= 11 is 0. The molecule has 0 bridgehead atoms. The van der Waals surface area contributed by atoms with E-state index in [2.05, 4.69) is 23.2 Å². The zero-order valence-electron chi connectivity index (χ0n) is 14.5. The van der Waals surface area contributed by atoms with E-state index in [4.69, 9.17) is 0 Å². The van der Waals surface area contributed by atoms with Gasteiger partial charge in [-0.1, -0.05) is 25.1 Å². The van der Waals surface area contributed by atoms with Crippen molar-refractivity contribution in [3.63, 3.8) is 0 Å². The molecule has 2 aliphatic heterocycles. The number of hydrogen-bond donors (Lipinski definition) is 1. The predicted octanol–water partition coefficient (Wildman–Crippen LogP) is 1.96. The van der Waals surface area contributed by atoms with Crippen molar-refractivity contribution in [3.8, 4) is 0 Å². The van der Waals surface area contributed by atoms with Crippen molar-refractivity contribution < 1.29 is 9.59 Å². The second-order valence-electron chi connectivity index (χ2n) is 6.69. The fraction of sp³-hybridized carbons (Fsp3) is 0.579. The first-order valence-corrected chi connectivity index (χ1v) is 9.08. The zero-order chi connectivity index (χ0) is 16.9. The van der Waals surface area contributed by atoms with Gasteiger partial charge in [-0.3, -0.25) is 14.5 Å². The van der Waals surface area contributed by atoms with Gasteiger partial charge < -0.3 is 10.2 Å². The topological polar surface area (TPSA) is 52.7 Å². The van der Waals surface area contributed by atoms with Gasteiger partial charge in [-0.15, -0.1) is 0 Å². The normalized spacial score (nSPS) is 21.5. The third-order valence-corrected chi connectivity index (χ3v) is 5.16. The average Bonchev–Trinajstić information content (AvgIpc) is 2.99. The van der Waals surface area contributed by atoms with Crippen molar-refractivity contribution >= 4 is 17.5 Å². The van der Waals surface area contributed by atoms with Gasteiger partial charge in [0.05, 0.1) is 0 Å². The van der Waals surface area contributed by atoms with Crippen LogP contribution < -0.4 is 10.2 Å². The van der Waals surface area contributed by atoms with Crippen molar-refractivity contribution in [1.29, 1.82) is 0 Å². The summed E-state index contributed by atoms with van der Waals surface area (Å²) in [5.41, 5.74) is 2.05. The van der Waals surface area contributed by atoms with E-state index in [9.17, 15) is 9.59 Å². The fourth-order valence-electron chi connectivity index (χ4n) is 3.83. The highest BCUT2D eigenvalue weighted by Gasteiger charge is 2.26. The van der Waals surface area contributed by atoms with E-state index in [1.807, 2.05) is 18.2 Å².